The molecule has 132 valence electrons. The van der Waals surface area contributed by atoms with Crippen molar-refractivity contribution >= 4 is 17.3 Å². The second kappa shape index (κ2) is 9.42. The summed E-state index contributed by atoms with van der Waals surface area (Å²) in [7, 11) is 0. The third-order valence-electron chi connectivity index (χ3n) is 3.59. The van der Waals surface area contributed by atoms with Crippen LogP contribution in [0.3, 0.4) is 0 Å². The summed E-state index contributed by atoms with van der Waals surface area (Å²) < 4.78 is 2.05. The first-order chi connectivity index (χ1) is 11.6. The lowest BCUT2D eigenvalue weighted by Crippen LogP contribution is -2.38. The minimum absolute atomic E-state index is 0.781. The minimum atomic E-state index is 0.781. The molecule has 0 fully saturated rings. The third kappa shape index (κ3) is 5.96. The van der Waals surface area contributed by atoms with Gasteiger partial charge in [-0.2, -0.15) is 5.10 Å². The molecule has 0 spiro atoms. The zero-order valence-corrected chi connectivity index (χ0v) is 15.9. The predicted molar refractivity (Wildman–Crippen MR) is 101 cm³/mol. The summed E-state index contributed by atoms with van der Waals surface area (Å²) in [4.78, 5) is 9.12. The zero-order chi connectivity index (χ0) is 17.4. The van der Waals surface area contributed by atoms with Gasteiger partial charge in [0.2, 0.25) is 0 Å². The van der Waals surface area contributed by atoms with Crippen LogP contribution in [0, 0.1) is 20.8 Å². The largest absolute Gasteiger partial charge is 0.357 e. The van der Waals surface area contributed by atoms with Crippen LogP contribution in [0.25, 0.3) is 0 Å². The lowest BCUT2D eigenvalue weighted by molar-refractivity contribution is 0.567. The molecule has 2 rings (SSSR count). The molecule has 7 heteroatoms. The Balaban J connectivity index is 1.74. The smallest absolute Gasteiger partial charge is 0.191 e. The van der Waals surface area contributed by atoms with Gasteiger partial charge in [-0.1, -0.05) is 0 Å². The third-order valence-corrected chi connectivity index (χ3v) is 4.41. The Hall–Kier alpha value is -1.89. The maximum Gasteiger partial charge on any atom is 0.191 e. The van der Waals surface area contributed by atoms with E-state index in [1.165, 1.54) is 5.69 Å². The van der Waals surface area contributed by atoms with E-state index in [1.807, 2.05) is 13.8 Å². The number of hydrogen-bond donors (Lipinski definition) is 2. The normalized spacial score (nSPS) is 11.8. The standard InChI is InChI=1S/C17H28N6S/c1-5-18-17(20-9-7-16-12-24-15(4)21-16)19-8-6-10-23-14(3)11-13(2)22-23/h11-12H,5-10H2,1-4H3,(H2,18,19,20). The molecule has 2 N–H and O–H groups in total. The van der Waals surface area contributed by atoms with Crippen molar-refractivity contribution in [2.45, 2.75) is 47.1 Å². The van der Waals surface area contributed by atoms with E-state index < -0.39 is 0 Å². The quantitative estimate of drug-likeness (QED) is 0.437. The molecule has 0 saturated carbocycles. The van der Waals surface area contributed by atoms with Crippen LogP contribution in [-0.2, 0) is 13.0 Å². The van der Waals surface area contributed by atoms with Crippen LogP contribution in [0.1, 0.15) is 35.4 Å². The van der Waals surface area contributed by atoms with E-state index in [9.17, 15) is 0 Å². The first-order valence-electron chi connectivity index (χ1n) is 8.52. The number of hydrogen-bond acceptors (Lipinski definition) is 4. The first kappa shape index (κ1) is 18.4. The number of nitrogens with one attached hydrogen (secondary N) is 2. The van der Waals surface area contributed by atoms with Crippen molar-refractivity contribution in [3.8, 4) is 0 Å². The van der Waals surface area contributed by atoms with Crippen LogP contribution in [0.2, 0.25) is 0 Å². The maximum atomic E-state index is 4.64. The molecule has 2 aromatic heterocycles. The van der Waals surface area contributed by atoms with Crippen LogP contribution in [0.15, 0.2) is 16.4 Å². The lowest BCUT2D eigenvalue weighted by atomic mass is 10.3. The number of thiazole rings is 1. The Morgan fingerprint density at radius 1 is 1.29 bits per heavy atom. The van der Waals surface area contributed by atoms with Crippen molar-refractivity contribution in [3.05, 3.63) is 33.5 Å². The number of aliphatic imine (C=N–C) groups is 1. The fourth-order valence-electron chi connectivity index (χ4n) is 2.49. The molecule has 0 unspecified atom stereocenters. The van der Waals surface area contributed by atoms with Gasteiger partial charge in [0, 0.05) is 43.7 Å². The molecule has 24 heavy (non-hydrogen) atoms. The summed E-state index contributed by atoms with van der Waals surface area (Å²) >= 11 is 1.70. The molecular weight excluding hydrogens is 320 g/mol. The topological polar surface area (TPSA) is 67.1 Å². The number of aromatic nitrogens is 3. The average molecular weight is 349 g/mol. The second-order valence-electron chi connectivity index (χ2n) is 5.80. The van der Waals surface area contributed by atoms with Crippen molar-refractivity contribution in [3.63, 3.8) is 0 Å². The summed E-state index contributed by atoms with van der Waals surface area (Å²) in [5.41, 5.74) is 3.42. The highest BCUT2D eigenvalue weighted by atomic mass is 32.1. The molecule has 2 heterocycles. The highest BCUT2D eigenvalue weighted by Gasteiger charge is 2.02. The van der Waals surface area contributed by atoms with E-state index in [2.05, 4.69) is 55.7 Å². The fourth-order valence-corrected chi connectivity index (χ4v) is 3.13. The lowest BCUT2D eigenvalue weighted by Gasteiger charge is -2.10. The maximum absolute atomic E-state index is 4.64. The van der Waals surface area contributed by atoms with Crippen molar-refractivity contribution in [1.29, 1.82) is 0 Å². The van der Waals surface area contributed by atoms with Gasteiger partial charge in [-0.15, -0.1) is 11.3 Å². The highest BCUT2D eigenvalue weighted by Crippen LogP contribution is 2.07. The molecule has 0 radical (unpaired) electrons. The van der Waals surface area contributed by atoms with E-state index in [0.29, 0.717) is 0 Å². The Morgan fingerprint density at radius 3 is 2.75 bits per heavy atom. The summed E-state index contributed by atoms with van der Waals surface area (Å²) in [5, 5.41) is 14.4. The van der Waals surface area contributed by atoms with Gasteiger partial charge in [0.05, 0.1) is 16.4 Å². The van der Waals surface area contributed by atoms with Gasteiger partial charge >= 0.3 is 0 Å². The van der Waals surface area contributed by atoms with Crippen molar-refractivity contribution in [2.24, 2.45) is 4.99 Å². The molecule has 2 aromatic rings. The molecule has 0 atom stereocenters. The monoisotopic (exact) mass is 348 g/mol. The highest BCUT2D eigenvalue weighted by molar-refractivity contribution is 7.09. The molecule has 0 aliphatic carbocycles. The van der Waals surface area contributed by atoms with Gasteiger partial charge in [0.15, 0.2) is 5.96 Å². The van der Waals surface area contributed by atoms with Gasteiger partial charge in [-0.05, 0) is 40.2 Å². The molecule has 6 nitrogen and oxygen atoms in total. The van der Waals surface area contributed by atoms with E-state index in [0.717, 1.165) is 61.4 Å². The number of rotatable bonds is 8. The molecule has 0 saturated heterocycles. The summed E-state index contributed by atoms with van der Waals surface area (Å²) in [5.74, 6) is 0.873. The molecule has 0 amide bonds. The molecule has 0 aliphatic heterocycles. The summed E-state index contributed by atoms with van der Waals surface area (Å²) in [6, 6.07) is 2.11. The van der Waals surface area contributed by atoms with Gasteiger partial charge in [-0.25, -0.2) is 4.98 Å². The number of guanidine groups is 1. The fraction of sp³-hybridized carbons (Fsp3) is 0.588. The molecular formula is C17H28N6S. The Bertz CT molecular complexity index is 658. The van der Waals surface area contributed by atoms with Crippen molar-refractivity contribution < 1.29 is 0 Å². The minimum Gasteiger partial charge on any atom is -0.357 e. The number of nitrogens with zero attached hydrogens (tertiary/aromatic N) is 4. The van der Waals surface area contributed by atoms with Crippen molar-refractivity contribution in [1.82, 2.24) is 25.4 Å². The van der Waals surface area contributed by atoms with E-state index >= 15 is 0 Å². The van der Waals surface area contributed by atoms with Crippen LogP contribution < -0.4 is 10.6 Å². The zero-order valence-electron chi connectivity index (χ0n) is 15.1. The van der Waals surface area contributed by atoms with Crippen molar-refractivity contribution in [2.75, 3.05) is 19.6 Å². The van der Waals surface area contributed by atoms with Gasteiger partial charge in [-0.3, -0.25) is 9.67 Å². The Labute approximate surface area is 148 Å². The SMILES string of the molecule is CCNC(=NCCCn1nc(C)cc1C)NCCc1csc(C)n1. The van der Waals surface area contributed by atoms with E-state index in [-0.39, 0.29) is 0 Å². The summed E-state index contributed by atoms with van der Waals surface area (Å²) in [6.45, 7) is 11.6. The van der Waals surface area contributed by atoms with Crippen LogP contribution >= 0.6 is 11.3 Å². The first-order valence-corrected chi connectivity index (χ1v) is 9.40. The van der Waals surface area contributed by atoms with Gasteiger partial charge in [0.25, 0.3) is 0 Å². The second-order valence-corrected chi connectivity index (χ2v) is 6.86. The Kier molecular flexibility index (Phi) is 7.24. The van der Waals surface area contributed by atoms with Crippen LogP contribution in [0.4, 0.5) is 0 Å². The van der Waals surface area contributed by atoms with Gasteiger partial charge < -0.3 is 10.6 Å². The molecule has 0 aromatic carbocycles. The summed E-state index contributed by atoms with van der Waals surface area (Å²) in [6.07, 6.45) is 1.89. The van der Waals surface area contributed by atoms with E-state index in [4.69, 9.17) is 0 Å². The van der Waals surface area contributed by atoms with Crippen LogP contribution in [0.5, 0.6) is 0 Å². The van der Waals surface area contributed by atoms with Gasteiger partial charge in [0.1, 0.15) is 0 Å². The number of aryl methyl sites for hydroxylation is 4. The van der Waals surface area contributed by atoms with Crippen LogP contribution in [-0.4, -0.2) is 40.4 Å². The molecule has 0 aliphatic rings. The molecule has 0 bridgehead atoms. The van der Waals surface area contributed by atoms with E-state index in [1.54, 1.807) is 11.3 Å². The average Bonchev–Trinajstić information content (AvgIpc) is 3.08. The predicted octanol–water partition coefficient (Wildman–Crippen LogP) is 2.45. The Morgan fingerprint density at radius 2 is 2.12 bits per heavy atom.